The van der Waals surface area contributed by atoms with Crippen LogP contribution in [0.5, 0.6) is 0 Å². The number of rotatable bonds is 0. The van der Waals surface area contributed by atoms with E-state index in [9.17, 15) is 4.79 Å². The fourth-order valence-corrected chi connectivity index (χ4v) is 1.47. The molecule has 4 nitrogen and oxygen atoms in total. The Kier molecular flexibility index (Phi) is 1.63. The maximum Gasteiger partial charge on any atom is 0.263 e. The van der Waals surface area contributed by atoms with E-state index in [4.69, 9.17) is 16.6 Å². The second-order valence-corrected chi connectivity index (χ2v) is 3.30. The molecule has 0 amide bonds. The van der Waals surface area contributed by atoms with Gasteiger partial charge in [-0.1, -0.05) is 0 Å². The summed E-state index contributed by atoms with van der Waals surface area (Å²) in [6.07, 6.45) is 0. The maximum absolute atomic E-state index is 11.4. The summed E-state index contributed by atoms with van der Waals surface area (Å²) in [5.74, 6) is 0.734. The molecule has 5 heteroatoms. The lowest BCUT2D eigenvalue weighted by Gasteiger charge is -1.87. The molecule has 0 atom stereocenters. The molecule has 0 aliphatic heterocycles. The van der Waals surface area contributed by atoms with E-state index < -0.39 is 0 Å². The molecule has 2 N–H and O–H groups in total. The van der Waals surface area contributed by atoms with Gasteiger partial charge in [-0.15, -0.1) is 0 Å². The number of hydrogen-bond donors (Lipinski definition) is 2. The number of furan rings is 1. The average Bonchev–Trinajstić information content (AvgIpc) is 2.27. The van der Waals surface area contributed by atoms with Crippen LogP contribution < -0.4 is 5.56 Å². The molecule has 0 bridgehead atoms. The minimum absolute atomic E-state index is 0.201. The summed E-state index contributed by atoms with van der Waals surface area (Å²) in [6.45, 7) is 3.65. The van der Waals surface area contributed by atoms with Crippen LogP contribution >= 0.6 is 12.2 Å². The monoisotopic (exact) mass is 196 g/mol. The van der Waals surface area contributed by atoms with Crippen LogP contribution in [-0.2, 0) is 0 Å². The van der Waals surface area contributed by atoms with Crippen LogP contribution in [0.3, 0.4) is 0 Å². The standard InChI is InChI=1S/C8H8N2O2S/c1-3-4(2)12-7-5(3)6(11)9-8(13)10-7/h1-2H3,(H2,9,10,11,13). The number of fused-ring (bicyclic) bond motifs is 1. The zero-order valence-electron chi connectivity index (χ0n) is 7.22. The molecule has 0 aliphatic carbocycles. The van der Waals surface area contributed by atoms with Gasteiger partial charge in [0.1, 0.15) is 11.1 Å². The largest absolute Gasteiger partial charge is 0.444 e. The van der Waals surface area contributed by atoms with Gasteiger partial charge in [-0.2, -0.15) is 0 Å². The number of aromatic nitrogens is 2. The van der Waals surface area contributed by atoms with E-state index in [0.29, 0.717) is 11.1 Å². The first-order valence-corrected chi connectivity index (χ1v) is 4.22. The summed E-state index contributed by atoms with van der Waals surface area (Å²) in [6, 6.07) is 0. The number of nitrogens with one attached hydrogen (secondary N) is 2. The van der Waals surface area contributed by atoms with Crippen molar-refractivity contribution in [2.24, 2.45) is 0 Å². The molecule has 0 saturated carbocycles. The third-order valence-corrected chi connectivity index (χ3v) is 2.27. The highest BCUT2D eigenvalue weighted by Gasteiger charge is 2.10. The molecule has 2 heterocycles. The van der Waals surface area contributed by atoms with Gasteiger partial charge in [-0.25, -0.2) is 0 Å². The fraction of sp³-hybridized carbons (Fsp3) is 0.250. The van der Waals surface area contributed by atoms with Crippen molar-refractivity contribution >= 4 is 23.3 Å². The first kappa shape index (κ1) is 8.25. The predicted octanol–water partition coefficient (Wildman–Crippen LogP) is 1.80. The van der Waals surface area contributed by atoms with Crippen molar-refractivity contribution in [3.8, 4) is 0 Å². The van der Waals surface area contributed by atoms with Gasteiger partial charge in [0.25, 0.3) is 5.56 Å². The molecule has 0 fully saturated rings. The van der Waals surface area contributed by atoms with Crippen LogP contribution in [0.2, 0.25) is 0 Å². The highest BCUT2D eigenvalue weighted by molar-refractivity contribution is 7.71. The van der Waals surface area contributed by atoms with E-state index in [-0.39, 0.29) is 10.3 Å². The molecular weight excluding hydrogens is 188 g/mol. The van der Waals surface area contributed by atoms with Crippen LogP contribution in [0.15, 0.2) is 9.21 Å². The predicted molar refractivity (Wildman–Crippen MR) is 51.5 cm³/mol. The quantitative estimate of drug-likeness (QED) is 0.631. The van der Waals surface area contributed by atoms with Gasteiger partial charge in [0.05, 0.1) is 0 Å². The van der Waals surface area contributed by atoms with E-state index in [1.54, 1.807) is 0 Å². The van der Waals surface area contributed by atoms with Gasteiger partial charge in [-0.05, 0) is 26.1 Å². The Balaban J connectivity index is 3.12. The van der Waals surface area contributed by atoms with Crippen molar-refractivity contribution in [2.75, 3.05) is 0 Å². The van der Waals surface area contributed by atoms with Crippen molar-refractivity contribution in [1.29, 1.82) is 0 Å². The Morgan fingerprint density at radius 1 is 1.31 bits per heavy atom. The normalized spacial score (nSPS) is 10.9. The molecule has 0 spiro atoms. The molecule has 2 aromatic heterocycles. The fourth-order valence-electron chi connectivity index (χ4n) is 1.29. The van der Waals surface area contributed by atoms with Gasteiger partial charge in [-0.3, -0.25) is 9.78 Å². The highest BCUT2D eigenvalue weighted by atomic mass is 32.1. The zero-order valence-corrected chi connectivity index (χ0v) is 8.04. The molecule has 0 aromatic carbocycles. The molecule has 68 valence electrons. The van der Waals surface area contributed by atoms with Crippen LogP contribution in [0.4, 0.5) is 0 Å². The first-order valence-electron chi connectivity index (χ1n) is 3.82. The molecular formula is C8H8N2O2S. The Hall–Kier alpha value is -1.36. The maximum atomic E-state index is 11.4. The highest BCUT2D eigenvalue weighted by Crippen LogP contribution is 2.18. The second-order valence-electron chi connectivity index (χ2n) is 2.90. The average molecular weight is 196 g/mol. The summed E-state index contributed by atoms with van der Waals surface area (Å²) in [7, 11) is 0. The van der Waals surface area contributed by atoms with Crippen molar-refractivity contribution in [2.45, 2.75) is 13.8 Å². The van der Waals surface area contributed by atoms with Crippen molar-refractivity contribution < 1.29 is 4.42 Å². The lowest BCUT2D eigenvalue weighted by molar-refractivity contribution is 0.563. The molecule has 2 rings (SSSR count). The van der Waals surface area contributed by atoms with Crippen molar-refractivity contribution in [3.63, 3.8) is 0 Å². The van der Waals surface area contributed by atoms with Crippen molar-refractivity contribution in [3.05, 3.63) is 26.4 Å². The van der Waals surface area contributed by atoms with Crippen LogP contribution in [0.25, 0.3) is 11.1 Å². The Labute approximate surface area is 78.6 Å². The second kappa shape index (κ2) is 2.56. The summed E-state index contributed by atoms with van der Waals surface area (Å²) < 4.78 is 5.60. The van der Waals surface area contributed by atoms with E-state index >= 15 is 0 Å². The van der Waals surface area contributed by atoms with Gasteiger partial charge < -0.3 is 9.40 Å². The van der Waals surface area contributed by atoms with E-state index in [2.05, 4.69) is 9.97 Å². The Bertz CT molecular complexity index is 576. The van der Waals surface area contributed by atoms with Crippen LogP contribution in [0, 0.1) is 18.6 Å². The van der Waals surface area contributed by atoms with Gasteiger partial charge >= 0.3 is 0 Å². The van der Waals surface area contributed by atoms with E-state index in [0.717, 1.165) is 11.3 Å². The number of aromatic amines is 2. The van der Waals surface area contributed by atoms with Gasteiger partial charge in [0, 0.05) is 5.56 Å². The molecule has 0 unspecified atom stereocenters. The molecule has 0 aliphatic rings. The summed E-state index contributed by atoms with van der Waals surface area (Å²) >= 11 is 4.81. The third-order valence-electron chi connectivity index (χ3n) is 2.07. The minimum Gasteiger partial charge on any atom is -0.444 e. The number of hydrogen-bond acceptors (Lipinski definition) is 3. The molecule has 0 radical (unpaired) electrons. The Morgan fingerprint density at radius 3 is 2.69 bits per heavy atom. The van der Waals surface area contributed by atoms with Crippen molar-refractivity contribution in [1.82, 2.24) is 9.97 Å². The van der Waals surface area contributed by atoms with Gasteiger partial charge in [0.15, 0.2) is 4.77 Å². The third kappa shape index (κ3) is 1.12. The number of H-pyrrole nitrogens is 2. The molecule has 2 aromatic rings. The Morgan fingerprint density at radius 2 is 2.00 bits per heavy atom. The van der Waals surface area contributed by atoms with Crippen LogP contribution in [-0.4, -0.2) is 9.97 Å². The lowest BCUT2D eigenvalue weighted by Crippen LogP contribution is -2.07. The zero-order chi connectivity index (χ0) is 9.59. The SMILES string of the molecule is Cc1oc2[nH]c(=S)[nH]c(=O)c2c1C. The summed E-state index contributed by atoms with van der Waals surface area (Å²) in [4.78, 5) is 16.7. The van der Waals surface area contributed by atoms with E-state index in [1.165, 1.54) is 0 Å². The minimum atomic E-state index is -0.201. The summed E-state index contributed by atoms with van der Waals surface area (Å²) in [5, 5.41) is 0.547. The first-order chi connectivity index (χ1) is 6.09. The van der Waals surface area contributed by atoms with E-state index in [1.807, 2.05) is 13.8 Å². The van der Waals surface area contributed by atoms with Crippen LogP contribution in [0.1, 0.15) is 11.3 Å². The molecule has 13 heavy (non-hydrogen) atoms. The summed E-state index contributed by atoms with van der Waals surface area (Å²) in [5.41, 5.74) is 1.10. The lowest BCUT2D eigenvalue weighted by atomic mass is 10.2. The smallest absolute Gasteiger partial charge is 0.263 e. The van der Waals surface area contributed by atoms with Gasteiger partial charge in [0.2, 0.25) is 5.71 Å². The number of aryl methyl sites for hydroxylation is 2. The molecule has 0 saturated heterocycles. The topological polar surface area (TPSA) is 61.8 Å².